The zero-order valence-electron chi connectivity index (χ0n) is 8.59. The summed E-state index contributed by atoms with van der Waals surface area (Å²) < 4.78 is 0. The van der Waals surface area contributed by atoms with Crippen LogP contribution in [0, 0.1) is 0 Å². The van der Waals surface area contributed by atoms with Crippen molar-refractivity contribution in [1.82, 2.24) is 10.9 Å². The van der Waals surface area contributed by atoms with Crippen LogP contribution >= 0.6 is 0 Å². The number of hydrazine groups is 1. The zero-order chi connectivity index (χ0) is 10.7. The summed E-state index contributed by atoms with van der Waals surface area (Å²) in [7, 11) is 0. The van der Waals surface area contributed by atoms with Crippen molar-refractivity contribution in [3.05, 3.63) is 30.3 Å². The molecule has 3 unspecified atom stereocenters. The molecule has 1 aliphatic heterocycles. The molecule has 15 heavy (non-hydrogen) atoms. The number of hydrogen-bond donors (Lipinski definition) is 3. The fraction of sp³-hybridized carbons (Fsp3) is 0.400. The second-order valence-electron chi connectivity index (χ2n) is 3.64. The normalized spacial score (nSPS) is 31.2. The number of rotatable bonds is 2. The van der Waals surface area contributed by atoms with Gasteiger partial charge in [0.15, 0.2) is 0 Å². The third-order valence-corrected chi connectivity index (χ3v) is 2.42. The molecule has 1 saturated heterocycles. The van der Waals surface area contributed by atoms with Gasteiger partial charge >= 0.3 is 0 Å². The molecule has 3 atom stereocenters. The van der Waals surface area contributed by atoms with Gasteiger partial charge in [-0.05, 0) is 19.1 Å². The Morgan fingerprint density at radius 1 is 1.20 bits per heavy atom. The zero-order valence-corrected chi connectivity index (χ0v) is 8.59. The SMILES string of the molecule is CC1NNC(N)C1N=Nc1ccccc1. The Kier molecular flexibility index (Phi) is 3.05. The van der Waals surface area contributed by atoms with E-state index in [1.54, 1.807) is 0 Å². The lowest BCUT2D eigenvalue weighted by atomic mass is 10.1. The molecule has 0 spiro atoms. The van der Waals surface area contributed by atoms with E-state index in [9.17, 15) is 0 Å². The van der Waals surface area contributed by atoms with Crippen LogP contribution in [0.3, 0.4) is 0 Å². The van der Waals surface area contributed by atoms with E-state index in [-0.39, 0.29) is 18.2 Å². The van der Waals surface area contributed by atoms with E-state index in [4.69, 9.17) is 5.73 Å². The molecule has 0 aromatic heterocycles. The summed E-state index contributed by atoms with van der Waals surface area (Å²) in [6, 6.07) is 9.82. The van der Waals surface area contributed by atoms with Gasteiger partial charge in [-0.2, -0.15) is 10.2 Å². The molecule has 1 aliphatic rings. The van der Waals surface area contributed by atoms with E-state index >= 15 is 0 Å². The van der Waals surface area contributed by atoms with Gasteiger partial charge in [0.2, 0.25) is 0 Å². The van der Waals surface area contributed by atoms with E-state index in [1.165, 1.54) is 0 Å². The molecule has 0 saturated carbocycles. The summed E-state index contributed by atoms with van der Waals surface area (Å²) in [4.78, 5) is 0. The number of nitrogens with one attached hydrogen (secondary N) is 2. The van der Waals surface area contributed by atoms with Gasteiger partial charge in [0.05, 0.1) is 11.9 Å². The maximum atomic E-state index is 5.81. The number of nitrogens with zero attached hydrogens (tertiary/aromatic N) is 2. The fourth-order valence-corrected chi connectivity index (χ4v) is 1.51. The first kappa shape index (κ1) is 10.2. The van der Waals surface area contributed by atoms with Crippen molar-refractivity contribution in [2.75, 3.05) is 0 Å². The number of hydrogen-bond acceptors (Lipinski definition) is 5. The predicted octanol–water partition coefficient (Wildman–Crippen LogP) is 0.920. The van der Waals surface area contributed by atoms with Gasteiger partial charge in [-0.1, -0.05) is 18.2 Å². The third-order valence-electron chi connectivity index (χ3n) is 2.42. The summed E-state index contributed by atoms with van der Waals surface area (Å²) in [5.74, 6) is 0. The van der Waals surface area contributed by atoms with Crippen LogP contribution in [0.4, 0.5) is 5.69 Å². The van der Waals surface area contributed by atoms with Crippen molar-refractivity contribution in [2.45, 2.75) is 25.2 Å². The van der Waals surface area contributed by atoms with Crippen LogP contribution in [-0.2, 0) is 0 Å². The summed E-state index contributed by atoms with van der Waals surface area (Å²) in [5.41, 5.74) is 12.6. The van der Waals surface area contributed by atoms with Crippen molar-refractivity contribution in [3.63, 3.8) is 0 Å². The highest BCUT2D eigenvalue weighted by Crippen LogP contribution is 2.14. The largest absolute Gasteiger partial charge is 0.313 e. The summed E-state index contributed by atoms with van der Waals surface area (Å²) in [5, 5.41) is 8.38. The molecule has 0 bridgehead atoms. The maximum absolute atomic E-state index is 5.81. The Labute approximate surface area is 88.7 Å². The van der Waals surface area contributed by atoms with Gasteiger partial charge in [-0.3, -0.25) is 5.43 Å². The quantitative estimate of drug-likeness (QED) is 0.628. The first-order valence-electron chi connectivity index (χ1n) is 5.00. The van der Waals surface area contributed by atoms with E-state index in [0.717, 1.165) is 5.69 Å². The molecule has 5 nitrogen and oxygen atoms in total. The molecular formula is C10H15N5. The van der Waals surface area contributed by atoms with Crippen molar-refractivity contribution < 1.29 is 0 Å². The van der Waals surface area contributed by atoms with Crippen LogP contribution in [0.1, 0.15) is 6.92 Å². The average Bonchev–Trinajstić information content (AvgIpc) is 2.58. The molecular weight excluding hydrogens is 190 g/mol. The second-order valence-corrected chi connectivity index (χ2v) is 3.64. The smallest absolute Gasteiger partial charge is 0.117 e. The number of nitrogens with two attached hydrogens (primary N) is 1. The predicted molar refractivity (Wildman–Crippen MR) is 58.5 cm³/mol. The molecule has 0 radical (unpaired) electrons. The molecule has 1 fully saturated rings. The first-order valence-corrected chi connectivity index (χ1v) is 5.00. The lowest BCUT2D eigenvalue weighted by Crippen LogP contribution is -2.40. The number of azo groups is 1. The Balaban J connectivity index is 2.05. The molecule has 80 valence electrons. The van der Waals surface area contributed by atoms with Crippen molar-refractivity contribution in [2.24, 2.45) is 16.0 Å². The van der Waals surface area contributed by atoms with Crippen LogP contribution < -0.4 is 16.6 Å². The summed E-state index contributed by atoms with van der Waals surface area (Å²) in [6.07, 6.45) is -0.174. The lowest BCUT2D eigenvalue weighted by Gasteiger charge is -2.10. The van der Waals surface area contributed by atoms with Crippen molar-refractivity contribution >= 4 is 5.69 Å². The molecule has 4 N–H and O–H groups in total. The summed E-state index contributed by atoms with van der Waals surface area (Å²) in [6.45, 7) is 2.02. The van der Waals surface area contributed by atoms with Gasteiger partial charge in [-0.25, -0.2) is 5.43 Å². The van der Waals surface area contributed by atoms with Crippen LogP contribution in [0.5, 0.6) is 0 Å². The van der Waals surface area contributed by atoms with Gasteiger partial charge in [0, 0.05) is 6.04 Å². The lowest BCUT2D eigenvalue weighted by molar-refractivity contribution is 0.529. The van der Waals surface area contributed by atoms with Crippen LogP contribution in [0.2, 0.25) is 0 Å². The maximum Gasteiger partial charge on any atom is 0.117 e. The molecule has 0 amide bonds. The monoisotopic (exact) mass is 205 g/mol. The minimum absolute atomic E-state index is 0.0230. The van der Waals surface area contributed by atoms with E-state index in [2.05, 4.69) is 21.1 Å². The average molecular weight is 205 g/mol. The van der Waals surface area contributed by atoms with E-state index in [0.29, 0.717) is 0 Å². The second kappa shape index (κ2) is 4.48. The molecule has 5 heteroatoms. The highest BCUT2D eigenvalue weighted by molar-refractivity contribution is 5.34. The minimum Gasteiger partial charge on any atom is -0.313 e. The van der Waals surface area contributed by atoms with Crippen molar-refractivity contribution in [3.8, 4) is 0 Å². The Morgan fingerprint density at radius 2 is 1.93 bits per heavy atom. The molecule has 2 rings (SSSR count). The topological polar surface area (TPSA) is 74.8 Å². The standard InChI is InChI=1S/C10H15N5/c1-7-9(10(11)15-12-7)14-13-8-5-3-2-4-6-8/h2-7,9-10,12,15H,11H2,1H3. The fourth-order valence-electron chi connectivity index (χ4n) is 1.51. The third kappa shape index (κ3) is 2.38. The highest BCUT2D eigenvalue weighted by Gasteiger charge is 2.30. The minimum atomic E-state index is -0.174. The van der Waals surface area contributed by atoms with Gasteiger partial charge in [0.25, 0.3) is 0 Å². The number of benzene rings is 1. The molecule has 1 heterocycles. The Morgan fingerprint density at radius 3 is 2.53 bits per heavy atom. The van der Waals surface area contributed by atoms with Crippen LogP contribution in [-0.4, -0.2) is 18.2 Å². The van der Waals surface area contributed by atoms with Crippen LogP contribution in [0.15, 0.2) is 40.6 Å². The molecule has 0 aliphatic carbocycles. The van der Waals surface area contributed by atoms with Crippen LogP contribution in [0.25, 0.3) is 0 Å². The van der Waals surface area contributed by atoms with Gasteiger partial charge < -0.3 is 5.73 Å². The Hall–Kier alpha value is -1.30. The molecule has 1 aromatic carbocycles. The first-order chi connectivity index (χ1) is 7.27. The van der Waals surface area contributed by atoms with E-state index in [1.807, 2.05) is 37.3 Å². The van der Waals surface area contributed by atoms with Gasteiger partial charge in [0.1, 0.15) is 6.04 Å². The van der Waals surface area contributed by atoms with Gasteiger partial charge in [-0.15, -0.1) is 0 Å². The molecule has 1 aromatic rings. The highest BCUT2D eigenvalue weighted by atomic mass is 15.5. The van der Waals surface area contributed by atoms with Crippen molar-refractivity contribution in [1.29, 1.82) is 0 Å². The van der Waals surface area contributed by atoms with E-state index < -0.39 is 0 Å². The summed E-state index contributed by atoms with van der Waals surface area (Å²) >= 11 is 0. The Bertz CT molecular complexity index is 327.